The molecule has 0 bridgehead atoms. The second-order valence-corrected chi connectivity index (χ2v) is 5.36. The Kier molecular flexibility index (Phi) is 2.91. The predicted octanol–water partition coefficient (Wildman–Crippen LogP) is 2.41. The van der Waals surface area contributed by atoms with E-state index in [1.165, 1.54) is 6.20 Å². The van der Waals surface area contributed by atoms with Gasteiger partial charge < -0.3 is 0 Å². The monoisotopic (exact) mass is 252 g/mol. The number of hydrogen-bond donors (Lipinski definition) is 0. The number of rotatable bonds is 1. The number of hydrogen-bond acceptors (Lipinski definition) is 3. The number of pyridine rings is 1. The average molecular weight is 253 g/mol. The highest BCUT2D eigenvalue weighted by Crippen LogP contribution is 2.35. The van der Waals surface area contributed by atoms with Gasteiger partial charge in [0.1, 0.15) is 0 Å². The minimum atomic E-state index is -0.286. The van der Waals surface area contributed by atoms with Gasteiger partial charge in [0.25, 0.3) is 0 Å². The van der Waals surface area contributed by atoms with Crippen LogP contribution in [0, 0.1) is 5.41 Å². The van der Waals surface area contributed by atoms with E-state index in [4.69, 9.17) is 11.6 Å². The molecule has 0 aromatic carbocycles. The van der Waals surface area contributed by atoms with Crippen molar-refractivity contribution in [2.45, 2.75) is 26.7 Å². The molecule has 0 N–H and O–H groups in total. The molecule has 4 nitrogen and oxygen atoms in total. The molecule has 1 aliphatic rings. The molecule has 0 radical (unpaired) electrons. The number of imide groups is 1. The molecule has 1 aliphatic heterocycles. The van der Waals surface area contributed by atoms with Crippen LogP contribution in [0.5, 0.6) is 0 Å². The molecule has 1 saturated heterocycles. The molecule has 5 heteroatoms. The van der Waals surface area contributed by atoms with Gasteiger partial charge >= 0.3 is 0 Å². The molecule has 1 fully saturated rings. The average Bonchev–Trinajstić information content (AvgIpc) is 2.17. The number of amides is 2. The number of carbonyl (C=O) groups is 2. The maximum atomic E-state index is 12.0. The third-order valence-corrected chi connectivity index (χ3v) is 3.00. The zero-order valence-corrected chi connectivity index (χ0v) is 10.5. The van der Waals surface area contributed by atoms with Crippen molar-refractivity contribution in [2.24, 2.45) is 5.41 Å². The first-order valence-corrected chi connectivity index (χ1v) is 5.75. The lowest BCUT2D eigenvalue weighted by Gasteiger charge is -2.34. The SMILES string of the molecule is CC1(C)CC(=O)N(c2ncccc2Cl)C(=O)C1. The van der Waals surface area contributed by atoms with Crippen LogP contribution in [0.3, 0.4) is 0 Å². The summed E-state index contributed by atoms with van der Waals surface area (Å²) in [5, 5.41) is 0.314. The van der Waals surface area contributed by atoms with Crippen LogP contribution in [0.2, 0.25) is 5.02 Å². The largest absolute Gasteiger partial charge is 0.274 e. The molecule has 0 spiro atoms. The van der Waals surface area contributed by atoms with Gasteiger partial charge in [-0.3, -0.25) is 9.59 Å². The van der Waals surface area contributed by atoms with Crippen LogP contribution in [-0.4, -0.2) is 16.8 Å². The molecule has 0 unspecified atom stereocenters. The molecule has 17 heavy (non-hydrogen) atoms. The maximum Gasteiger partial charge on any atom is 0.235 e. The first kappa shape index (κ1) is 12.0. The Morgan fingerprint density at radius 2 is 1.88 bits per heavy atom. The smallest absolute Gasteiger partial charge is 0.235 e. The topological polar surface area (TPSA) is 50.3 Å². The Labute approximate surface area is 105 Å². The molecule has 2 amide bonds. The fraction of sp³-hybridized carbons (Fsp3) is 0.417. The Morgan fingerprint density at radius 1 is 1.29 bits per heavy atom. The van der Waals surface area contributed by atoms with Gasteiger partial charge in [-0.1, -0.05) is 25.4 Å². The molecule has 0 atom stereocenters. The lowest BCUT2D eigenvalue weighted by atomic mass is 9.82. The van der Waals surface area contributed by atoms with Gasteiger partial charge in [-0.15, -0.1) is 0 Å². The van der Waals surface area contributed by atoms with Crippen molar-refractivity contribution in [3.8, 4) is 0 Å². The van der Waals surface area contributed by atoms with Gasteiger partial charge in [-0.2, -0.15) is 0 Å². The van der Waals surface area contributed by atoms with Crippen LogP contribution in [0.1, 0.15) is 26.7 Å². The highest BCUT2D eigenvalue weighted by atomic mass is 35.5. The lowest BCUT2D eigenvalue weighted by molar-refractivity contribution is -0.132. The van der Waals surface area contributed by atoms with Crippen LogP contribution in [0.4, 0.5) is 5.82 Å². The lowest BCUT2D eigenvalue weighted by Crippen LogP contribution is -2.46. The zero-order chi connectivity index (χ0) is 12.6. The van der Waals surface area contributed by atoms with Crippen LogP contribution >= 0.6 is 11.6 Å². The summed E-state index contributed by atoms with van der Waals surface area (Å²) in [6, 6.07) is 3.28. The summed E-state index contributed by atoms with van der Waals surface area (Å²) < 4.78 is 0. The van der Waals surface area contributed by atoms with E-state index in [2.05, 4.69) is 4.98 Å². The number of nitrogens with zero attached hydrogens (tertiary/aromatic N) is 2. The summed E-state index contributed by atoms with van der Waals surface area (Å²) in [5.74, 6) is -0.252. The molecule has 0 saturated carbocycles. The highest BCUT2D eigenvalue weighted by molar-refractivity contribution is 6.34. The van der Waals surface area contributed by atoms with Gasteiger partial charge in [0, 0.05) is 19.0 Å². The van der Waals surface area contributed by atoms with E-state index in [0.717, 1.165) is 4.90 Å². The third-order valence-electron chi connectivity index (χ3n) is 2.71. The minimum absolute atomic E-state index is 0.236. The molecular formula is C12H13ClN2O2. The Morgan fingerprint density at radius 3 is 2.41 bits per heavy atom. The third kappa shape index (κ3) is 2.31. The summed E-state index contributed by atoms with van der Waals surface area (Å²) in [4.78, 5) is 29.1. The van der Waals surface area contributed by atoms with E-state index in [-0.39, 0.29) is 23.0 Å². The van der Waals surface area contributed by atoms with Crippen LogP contribution in [-0.2, 0) is 9.59 Å². The van der Waals surface area contributed by atoms with E-state index >= 15 is 0 Å². The summed E-state index contributed by atoms with van der Waals surface area (Å²) in [5.41, 5.74) is -0.286. The van der Waals surface area contributed by atoms with Gasteiger partial charge in [-0.25, -0.2) is 9.88 Å². The number of halogens is 1. The maximum absolute atomic E-state index is 12.0. The Bertz CT molecular complexity index is 465. The van der Waals surface area contributed by atoms with E-state index in [1.807, 2.05) is 13.8 Å². The standard InChI is InChI=1S/C12H13ClN2O2/c1-12(2)6-9(16)15(10(17)7-12)11-8(13)4-3-5-14-11/h3-5H,6-7H2,1-2H3. The number of piperidine rings is 1. The van der Waals surface area contributed by atoms with Crippen LogP contribution in [0.15, 0.2) is 18.3 Å². The Balaban J connectivity index is 2.38. The van der Waals surface area contributed by atoms with Crippen LogP contribution < -0.4 is 4.90 Å². The second kappa shape index (κ2) is 4.11. The van der Waals surface area contributed by atoms with Crippen molar-refractivity contribution in [1.29, 1.82) is 0 Å². The highest BCUT2D eigenvalue weighted by Gasteiger charge is 2.39. The fourth-order valence-electron chi connectivity index (χ4n) is 1.96. The fourth-order valence-corrected chi connectivity index (χ4v) is 2.16. The van der Waals surface area contributed by atoms with E-state index in [1.54, 1.807) is 12.1 Å². The van der Waals surface area contributed by atoms with Crippen LogP contribution in [0.25, 0.3) is 0 Å². The predicted molar refractivity (Wildman–Crippen MR) is 64.8 cm³/mol. The van der Waals surface area contributed by atoms with Gasteiger partial charge in [0.2, 0.25) is 11.8 Å². The molecule has 2 heterocycles. The van der Waals surface area contributed by atoms with Crippen molar-refractivity contribution < 1.29 is 9.59 Å². The van der Waals surface area contributed by atoms with E-state index < -0.39 is 0 Å². The number of carbonyl (C=O) groups excluding carboxylic acids is 2. The normalized spacial score (nSPS) is 19.6. The molecule has 2 rings (SSSR count). The minimum Gasteiger partial charge on any atom is -0.274 e. The first-order valence-electron chi connectivity index (χ1n) is 5.37. The van der Waals surface area contributed by atoms with E-state index in [0.29, 0.717) is 17.9 Å². The van der Waals surface area contributed by atoms with Crippen molar-refractivity contribution in [3.63, 3.8) is 0 Å². The summed E-state index contributed by atoms with van der Waals surface area (Å²) in [7, 11) is 0. The zero-order valence-electron chi connectivity index (χ0n) is 9.74. The van der Waals surface area contributed by atoms with Gasteiger partial charge in [0.05, 0.1) is 5.02 Å². The van der Waals surface area contributed by atoms with Crippen molar-refractivity contribution in [1.82, 2.24) is 4.98 Å². The number of aromatic nitrogens is 1. The summed E-state index contributed by atoms with van der Waals surface area (Å²) in [6.07, 6.45) is 2.17. The molecular weight excluding hydrogens is 240 g/mol. The second-order valence-electron chi connectivity index (χ2n) is 4.95. The van der Waals surface area contributed by atoms with Gasteiger partial charge in [-0.05, 0) is 17.5 Å². The molecule has 90 valence electrons. The number of anilines is 1. The van der Waals surface area contributed by atoms with Crippen molar-refractivity contribution in [3.05, 3.63) is 23.4 Å². The quantitative estimate of drug-likeness (QED) is 0.722. The van der Waals surface area contributed by atoms with Crippen molar-refractivity contribution in [2.75, 3.05) is 4.90 Å². The first-order chi connectivity index (χ1) is 7.91. The Hall–Kier alpha value is -1.42. The molecule has 1 aromatic heterocycles. The summed E-state index contributed by atoms with van der Waals surface area (Å²) >= 11 is 5.95. The molecule has 0 aliphatic carbocycles. The van der Waals surface area contributed by atoms with Crippen molar-refractivity contribution >= 4 is 29.2 Å². The van der Waals surface area contributed by atoms with E-state index in [9.17, 15) is 9.59 Å². The molecule has 1 aromatic rings. The van der Waals surface area contributed by atoms with Gasteiger partial charge in [0.15, 0.2) is 5.82 Å². The summed E-state index contributed by atoms with van der Waals surface area (Å²) in [6.45, 7) is 3.81.